The first-order valence-electron chi connectivity index (χ1n) is 8.28. The predicted molar refractivity (Wildman–Crippen MR) is 103 cm³/mol. The van der Waals surface area contributed by atoms with Crippen molar-refractivity contribution in [1.82, 2.24) is 0 Å². The van der Waals surface area contributed by atoms with E-state index in [1.165, 1.54) is 5.69 Å². The molecule has 0 bridgehead atoms. The van der Waals surface area contributed by atoms with Crippen LogP contribution in [0.25, 0.3) is 0 Å². The van der Waals surface area contributed by atoms with Gasteiger partial charge in [0.1, 0.15) is 5.92 Å². The molecule has 6 heteroatoms. The number of fused-ring (bicyclic) bond motifs is 1. The second-order valence-corrected chi connectivity index (χ2v) is 7.01. The Morgan fingerprint density at radius 3 is 2.68 bits per heavy atom. The van der Waals surface area contributed by atoms with Gasteiger partial charge in [-0.1, -0.05) is 22.0 Å². The molecule has 128 valence electrons. The second kappa shape index (κ2) is 6.98. The minimum absolute atomic E-state index is 0.0400. The van der Waals surface area contributed by atoms with E-state index in [4.69, 9.17) is 4.74 Å². The van der Waals surface area contributed by atoms with Gasteiger partial charge in [0.05, 0.1) is 18.9 Å². The molecule has 1 unspecified atom stereocenters. The van der Waals surface area contributed by atoms with E-state index in [0.29, 0.717) is 0 Å². The minimum atomic E-state index is -0.345. The molecule has 1 atom stereocenters. The highest BCUT2D eigenvalue weighted by Crippen LogP contribution is 2.34. The van der Waals surface area contributed by atoms with Crippen LogP contribution < -0.4 is 10.2 Å². The van der Waals surface area contributed by atoms with Crippen LogP contribution in [-0.2, 0) is 9.53 Å². The summed E-state index contributed by atoms with van der Waals surface area (Å²) in [6, 6.07) is 13.9. The molecule has 1 saturated heterocycles. The predicted octanol–water partition coefficient (Wildman–Crippen LogP) is 3.72. The van der Waals surface area contributed by atoms with Gasteiger partial charge in [0, 0.05) is 35.2 Å². The number of halogens is 1. The monoisotopic (exact) mass is 399 g/mol. The average Bonchev–Trinajstić information content (AvgIpc) is 2.95. The number of carbonyl (C=O) groups is 1. The van der Waals surface area contributed by atoms with Crippen LogP contribution in [0, 0.1) is 0 Å². The molecule has 2 aromatic rings. The summed E-state index contributed by atoms with van der Waals surface area (Å²) in [5.41, 5.74) is 3.83. The number of rotatable bonds is 3. The van der Waals surface area contributed by atoms with Crippen LogP contribution in [0.1, 0.15) is 11.5 Å². The molecule has 4 rings (SSSR count). The molecule has 5 nitrogen and oxygen atoms in total. The summed E-state index contributed by atoms with van der Waals surface area (Å²) in [6.45, 7) is 3.37. The Morgan fingerprint density at radius 2 is 1.92 bits per heavy atom. The van der Waals surface area contributed by atoms with Gasteiger partial charge in [0.15, 0.2) is 0 Å². The maximum atomic E-state index is 12.2. The molecule has 0 saturated carbocycles. The smallest absolute Gasteiger partial charge is 0.237 e. The van der Waals surface area contributed by atoms with Crippen molar-refractivity contribution in [3.8, 4) is 0 Å². The fourth-order valence-corrected chi connectivity index (χ4v) is 3.50. The van der Waals surface area contributed by atoms with Crippen LogP contribution >= 0.6 is 15.9 Å². The third-order valence-corrected chi connectivity index (χ3v) is 4.98. The van der Waals surface area contributed by atoms with Crippen LogP contribution in [-0.4, -0.2) is 38.4 Å². The van der Waals surface area contributed by atoms with Gasteiger partial charge in [-0.3, -0.25) is 9.79 Å². The first-order valence-corrected chi connectivity index (χ1v) is 9.07. The van der Waals surface area contributed by atoms with E-state index in [-0.39, 0.29) is 11.8 Å². The van der Waals surface area contributed by atoms with E-state index < -0.39 is 0 Å². The van der Waals surface area contributed by atoms with E-state index >= 15 is 0 Å². The molecule has 2 aromatic carbocycles. The lowest BCUT2D eigenvalue weighted by Gasteiger charge is -2.28. The number of amides is 1. The summed E-state index contributed by atoms with van der Waals surface area (Å²) in [5.74, 6) is -0.385. The molecule has 0 aromatic heterocycles. The number of ether oxygens (including phenoxy) is 1. The van der Waals surface area contributed by atoms with Gasteiger partial charge in [-0.15, -0.1) is 0 Å². The lowest BCUT2D eigenvalue weighted by molar-refractivity contribution is -0.115. The quantitative estimate of drug-likeness (QED) is 0.800. The number of nitrogens with zero attached hydrogens (tertiary/aromatic N) is 2. The molecule has 0 radical (unpaired) electrons. The zero-order chi connectivity index (χ0) is 17.2. The first kappa shape index (κ1) is 16.3. The number of carbonyl (C=O) groups excluding carboxylic acids is 1. The van der Waals surface area contributed by atoms with Gasteiger partial charge in [-0.2, -0.15) is 0 Å². The van der Waals surface area contributed by atoms with Crippen molar-refractivity contribution in [3.63, 3.8) is 0 Å². The Morgan fingerprint density at radius 1 is 1.16 bits per heavy atom. The van der Waals surface area contributed by atoms with Crippen LogP contribution in [0.3, 0.4) is 0 Å². The number of anilines is 2. The second-order valence-electron chi connectivity index (χ2n) is 6.09. The van der Waals surface area contributed by atoms with Crippen LogP contribution in [0.2, 0.25) is 0 Å². The van der Waals surface area contributed by atoms with E-state index in [9.17, 15) is 4.79 Å². The normalized spacial score (nSPS) is 20.0. The van der Waals surface area contributed by atoms with Gasteiger partial charge in [-0.05, 0) is 42.0 Å². The number of aliphatic imine (C=N–C) groups is 1. The third kappa shape index (κ3) is 3.45. The Labute approximate surface area is 154 Å². The summed E-state index contributed by atoms with van der Waals surface area (Å²) in [6.07, 6.45) is 1.72. The largest absolute Gasteiger partial charge is 0.378 e. The SMILES string of the molecule is O=C1Nc2cc(Br)ccc2C1C=Nc1ccc(N2CCOCC2)cc1. The zero-order valence-electron chi connectivity index (χ0n) is 13.6. The Balaban J connectivity index is 1.49. The fraction of sp³-hybridized carbons (Fsp3) is 0.263. The van der Waals surface area contributed by atoms with Crippen LogP contribution in [0.5, 0.6) is 0 Å². The highest BCUT2D eigenvalue weighted by molar-refractivity contribution is 9.10. The van der Waals surface area contributed by atoms with Gasteiger partial charge in [0.2, 0.25) is 5.91 Å². The van der Waals surface area contributed by atoms with E-state index in [0.717, 1.165) is 47.7 Å². The van der Waals surface area contributed by atoms with Crippen molar-refractivity contribution >= 4 is 45.1 Å². The fourth-order valence-electron chi connectivity index (χ4n) is 3.14. The lowest BCUT2D eigenvalue weighted by atomic mass is 10.0. The van der Waals surface area contributed by atoms with E-state index in [1.807, 2.05) is 30.3 Å². The number of benzene rings is 2. The van der Waals surface area contributed by atoms with Crippen molar-refractivity contribution < 1.29 is 9.53 Å². The van der Waals surface area contributed by atoms with Crippen molar-refractivity contribution in [2.75, 3.05) is 36.5 Å². The minimum Gasteiger partial charge on any atom is -0.378 e. The number of nitrogens with one attached hydrogen (secondary N) is 1. The van der Waals surface area contributed by atoms with Gasteiger partial charge < -0.3 is 15.0 Å². The van der Waals surface area contributed by atoms with Crippen LogP contribution in [0.15, 0.2) is 51.9 Å². The molecule has 1 fully saturated rings. The Bertz CT molecular complexity index is 814. The molecule has 1 amide bonds. The summed E-state index contributed by atoms with van der Waals surface area (Å²) in [7, 11) is 0. The highest BCUT2D eigenvalue weighted by atomic mass is 79.9. The summed E-state index contributed by atoms with van der Waals surface area (Å²) < 4.78 is 6.33. The number of morpholine rings is 1. The van der Waals surface area contributed by atoms with Crippen molar-refractivity contribution in [2.45, 2.75) is 5.92 Å². The summed E-state index contributed by atoms with van der Waals surface area (Å²) in [4.78, 5) is 19.0. The number of hydrogen-bond donors (Lipinski definition) is 1. The zero-order valence-corrected chi connectivity index (χ0v) is 15.2. The third-order valence-electron chi connectivity index (χ3n) is 4.49. The molecular formula is C19H18BrN3O2. The molecule has 1 N–H and O–H groups in total. The molecule has 2 heterocycles. The average molecular weight is 400 g/mol. The first-order chi connectivity index (χ1) is 12.2. The summed E-state index contributed by atoms with van der Waals surface area (Å²) in [5, 5.41) is 2.90. The Hall–Kier alpha value is -2.18. The summed E-state index contributed by atoms with van der Waals surface area (Å²) >= 11 is 3.42. The maximum Gasteiger partial charge on any atom is 0.237 e. The van der Waals surface area contributed by atoms with Gasteiger partial charge in [0.25, 0.3) is 0 Å². The molecule has 25 heavy (non-hydrogen) atoms. The highest BCUT2D eigenvalue weighted by Gasteiger charge is 2.29. The maximum absolute atomic E-state index is 12.2. The lowest BCUT2D eigenvalue weighted by Crippen LogP contribution is -2.36. The Kier molecular flexibility index (Phi) is 4.55. The molecule has 0 aliphatic carbocycles. The molecule has 2 aliphatic rings. The van der Waals surface area contributed by atoms with Crippen molar-refractivity contribution in [1.29, 1.82) is 0 Å². The molecule has 2 aliphatic heterocycles. The van der Waals surface area contributed by atoms with Gasteiger partial charge >= 0.3 is 0 Å². The number of hydrogen-bond acceptors (Lipinski definition) is 4. The van der Waals surface area contributed by atoms with Gasteiger partial charge in [-0.25, -0.2) is 0 Å². The van der Waals surface area contributed by atoms with Crippen molar-refractivity contribution in [3.05, 3.63) is 52.5 Å². The van der Waals surface area contributed by atoms with Crippen LogP contribution in [0.4, 0.5) is 17.1 Å². The van der Waals surface area contributed by atoms with Crippen molar-refractivity contribution in [2.24, 2.45) is 4.99 Å². The standard InChI is InChI=1S/C19H18BrN3O2/c20-13-1-6-16-17(19(24)22-18(16)11-13)12-21-14-2-4-15(5-3-14)23-7-9-25-10-8-23/h1-6,11-12,17H,7-10H2,(H,22,24). The van der Waals surface area contributed by atoms with E-state index in [2.05, 4.69) is 43.3 Å². The molecule has 0 spiro atoms. The molecular weight excluding hydrogens is 382 g/mol. The topological polar surface area (TPSA) is 53.9 Å². The van der Waals surface area contributed by atoms with E-state index in [1.54, 1.807) is 6.21 Å².